The zero-order valence-corrected chi connectivity index (χ0v) is 12.8. The van der Waals surface area contributed by atoms with Crippen LogP contribution in [0.25, 0.3) is 0 Å². The maximum absolute atomic E-state index is 11.9. The van der Waals surface area contributed by atoms with Gasteiger partial charge in [0.25, 0.3) is 5.91 Å². The van der Waals surface area contributed by atoms with Gasteiger partial charge in [-0.25, -0.2) is 0 Å². The molecular formula is C17H20N2O3. The van der Waals surface area contributed by atoms with Gasteiger partial charge in [-0.15, -0.1) is 0 Å². The minimum Gasteiger partial charge on any atom is -0.490 e. The Hall–Kier alpha value is -2.56. The summed E-state index contributed by atoms with van der Waals surface area (Å²) in [5, 5.41) is 2.77. The minimum absolute atomic E-state index is 0.121. The third kappa shape index (κ3) is 4.22. The van der Waals surface area contributed by atoms with Crippen LogP contribution in [0.1, 0.15) is 29.8 Å². The average molecular weight is 300 g/mol. The van der Waals surface area contributed by atoms with Gasteiger partial charge in [0, 0.05) is 24.5 Å². The normalized spacial score (nSPS) is 10.1. The Morgan fingerprint density at radius 2 is 1.86 bits per heavy atom. The van der Waals surface area contributed by atoms with E-state index in [9.17, 15) is 4.79 Å². The van der Waals surface area contributed by atoms with E-state index < -0.39 is 0 Å². The smallest absolute Gasteiger partial charge is 0.251 e. The minimum atomic E-state index is -0.121. The Labute approximate surface area is 130 Å². The Morgan fingerprint density at radius 1 is 1.09 bits per heavy atom. The molecule has 0 fully saturated rings. The fraction of sp³-hybridized carbons (Fsp3) is 0.294. The Bertz CT molecular complexity index is 615. The summed E-state index contributed by atoms with van der Waals surface area (Å²) in [7, 11) is 0. The number of pyridine rings is 1. The SMILES string of the molecule is CCNC(=O)c1ccc(OCc2ccncc2)c(OCC)c1. The van der Waals surface area contributed by atoms with Crippen molar-refractivity contribution in [2.45, 2.75) is 20.5 Å². The van der Waals surface area contributed by atoms with E-state index in [-0.39, 0.29) is 5.91 Å². The highest BCUT2D eigenvalue weighted by atomic mass is 16.5. The zero-order valence-electron chi connectivity index (χ0n) is 12.8. The lowest BCUT2D eigenvalue weighted by Crippen LogP contribution is -2.22. The Morgan fingerprint density at radius 3 is 2.55 bits per heavy atom. The summed E-state index contributed by atoms with van der Waals surface area (Å²) in [5.41, 5.74) is 1.58. The molecule has 2 rings (SSSR count). The first-order valence-electron chi connectivity index (χ1n) is 7.31. The lowest BCUT2D eigenvalue weighted by atomic mass is 10.2. The van der Waals surface area contributed by atoms with Crippen molar-refractivity contribution in [2.24, 2.45) is 0 Å². The number of nitrogens with zero attached hydrogens (tertiary/aromatic N) is 1. The van der Waals surface area contributed by atoms with Crippen LogP contribution < -0.4 is 14.8 Å². The topological polar surface area (TPSA) is 60.5 Å². The van der Waals surface area contributed by atoms with E-state index in [1.807, 2.05) is 26.0 Å². The van der Waals surface area contributed by atoms with Gasteiger partial charge in [0.05, 0.1) is 6.61 Å². The van der Waals surface area contributed by atoms with Crippen LogP contribution in [-0.4, -0.2) is 24.0 Å². The monoisotopic (exact) mass is 300 g/mol. The van der Waals surface area contributed by atoms with Crippen molar-refractivity contribution < 1.29 is 14.3 Å². The highest BCUT2D eigenvalue weighted by molar-refractivity contribution is 5.94. The second kappa shape index (κ2) is 8.02. The van der Waals surface area contributed by atoms with Crippen LogP contribution in [-0.2, 0) is 6.61 Å². The molecule has 1 aromatic heterocycles. The first-order chi connectivity index (χ1) is 10.7. The molecule has 1 N–H and O–H groups in total. The first-order valence-corrected chi connectivity index (χ1v) is 7.31. The zero-order chi connectivity index (χ0) is 15.8. The third-order valence-electron chi connectivity index (χ3n) is 2.99. The van der Waals surface area contributed by atoms with Crippen LogP contribution in [0.15, 0.2) is 42.7 Å². The van der Waals surface area contributed by atoms with Gasteiger partial charge in [-0.2, -0.15) is 0 Å². The molecule has 0 bridgehead atoms. The fourth-order valence-corrected chi connectivity index (χ4v) is 1.94. The van der Waals surface area contributed by atoms with Crippen molar-refractivity contribution in [3.63, 3.8) is 0 Å². The number of carbonyl (C=O) groups excluding carboxylic acids is 1. The maximum Gasteiger partial charge on any atom is 0.251 e. The Balaban J connectivity index is 2.14. The van der Waals surface area contributed by atoms with Crippen molar-refractivity contribution in [2.75, 3.05) is 13.2 Å². The van der Waals surface area contributed by atoms with Crippen molar-refractivity contribution in [1.29, 1.82) is 0 Å². The van der Waals surface area contributed by atoms with E-state index in [0.717, 1.165) is 5.56 Å². The van der Waals surface area contributed by atoms with E-state index in [1.165, 1.54) is 0 Å². The second-order valence-corrected chi connectivity index (χ2v) is 4.60. The standard InChI is InChI=1S/C17H20N2O3/c1-3-19-17(20)14-5-6-15(16(11-14)21-4-2)22-12-13-7-9-18-10-8-13/h5-11H,3-4,12H2,1-2H3,(H,19,20). The number of rotatable bonds is 7. The number of ether oxygens (including phenoxy) is 2. The number of aromatic nitrogens is 1. The van der Waals surface area contributed by atoms with Gasteiger partial charge in [-0.3, -0.25) is 9.78 Å². The van der Waals surface area contributed by atoms with Gasteiger partial charge in [0.1, 0.15) is 6.61 Å². The summed E-state index contributed by atoms with van der Waals surface area (Å²) in [6.45, 7) is 5.29. The third-order valence-corrected chi connectivity index (χ3v) is 2.99. The molecule has 5 nitrogen and oxygen atoms in total. The molecule has 0 aliphatic rings. The number of nitrogens with one attached hydrogen (secondary N) is 1. The molecule has 1 aromatic carbocycles. The summed E-state index contributed by atoms with van der Waals surface area (Å²) in [5.74, 6) is 1.07. The Kier molecular flexibility index (Phi) is 5.77. The molecule has 0 saturated carbocycles. The largest absolute Gasteiger partial charge is 0.490 e. The van der Waals surface area contributed by atoms with E-state index >= 15 is 0 Å². The predicted molar refractivity (Wildman–Crippen MR) is 84.2 cm³/mol. The highest BCUT2D eigenvalue weighted by Crippen LogP contribution is 2.29. The van der Waals surface area contributed by atoms with Crippen LogP contribution in [0.2, 0.25) is 0 Å². The number of hydrogen-bond donors (Lipinski definition) is 1. The molecule has 0 saturated heterocycles. The van der Waals surface area contributed by atoms with Crippen molar-refractivity contribution in [3.8, 4) is 11.5 Å². The molecule has 1 heterocycles. The first kappa shape index (κ1) is 15.8. The summed E-state index contributed by atoms with van der Waals surface area (Å²) >= 11 is 0. The number of hydrogen-bond acceptors (Lipinski definition) is 4. The lowest BCUT2D eigenvalue weighted by molar-refractivity contribution is 0.0955. The predicted octanol–water partition coefficient (Wildman–Crippen LogP) is 2.81. The van der Waals surface area contributed by atoms with Gasteiger partial charge in [-0.05, 0) is 49.7 Å². The molecule has 22 heavy (non-hydrogen) atoms. The van der Waals surface area contributed by atoms with Crippen LogP contribution in [0.5, 0.6) is 11.5 Å². The molecule has 0 unspecified atom stereocenters. The van der Waals surface area contributed by atoms with E-state index in [0.29, 0.717) is 36.8 Å². The molecule has 0 spiro atoms. The maximum atomic E-state index is 11.9. The number of benzene rings is 1. The molecule has 5 heteroatoms. The lowest BCUT2D eigenvalue weighted by Gasteiger charge is -2.13. The molecule has 0 aliphatic carbocycles. The fourth-order valence-electron chi connectivity index (χ4n) is 1.94. The van der Waals surface area contributed by atoms with E-state index in [2.05, 4.69) is 10.3 Å². The summed E-state index contributed by atoms with van der Waals surface area (Å²) in [6.07, 6.45) is 3.45. The number of carbonyl (C=O) groups is 1. The molecule has 0 radical (unpaired) electrons. The van der Waals surface area contributed by atoms with Crippen molar-refractivity contribution >= 4 is 5.91 Å². The van der Waals surface area contributed by atoms with Gasteiger partial charge in [0.2, 0.25) is 0 Å². The summed E-state index contributed by atoms with van der Waals surface area (Å²) in [4.78, 5) is 15.8. The summed E-state index contributed by atoms with van der Waals surface area (Å²) in [6, 6.07) is 8.98. The van der Waals surface area contributed by atoms with Gasteiger partial charge in [-0.1, -0.05) is 0 Å². The average Bonchev–Trinajstić information content (AvgIpc) is 2.55. The van der Waals surface area contributed by atoms with Crippen molar-refractivity contribution in [1.82, 2.24) is 10.3 Å². The van der Waals surface area contributed by atoms with Crippen molar-refractivity contribution in [3.05, 3.63) is 53.9 Å². The highest BCUT2D eigenvalue weighted by Gasteiger charge is 2.11. The molecule has 1 amide bonds. The quantitative estimate of drug-likeness (QED) is 0.854. The molecule has 2 aromatic rings. The van der Waals surface area contributed by atoms with Gasteiger partial charge < -0.3 is 14.8 Å². The van der Waals surface area contributed by atoms with Crippen LogP contribution in [0, 0.1) is 0 Å². The van der Waals surface area contributed by atoms with Gasteiger partial charge in [0.15, 0.2) is 11.5 Å². The number of amides is 1. The molecule has 0 atom stereocenters. The van der Waals surface area contributed by atoms with Crippen LogP contribution >= 0.6 is 0 Å². The van der Waals surface area contributed by atoms with Crippen LogP contribution in [0.3, 0.4) is 0 Å². The van der Waals surface area contributed by atoms with Crippen LogP contribution in [0.4, 0.5) is 0 Å². The molecule has 0 aliphatic heterocycles. The second-order valence-electron chi connectivity index (χ2n) is 4.60. The van der Waals surface area contributed by atoms with E-state index in [4.69, 9.17) is 9.47 Å². The van der Waals surface area contributed by atoms with E-state index in [1.54, 1.807) is 30.6 Å². The van der Waals surface area contributed by atoms with Gasteiger partial charge >= 0.3 is 0 Å². The summed E-state index contributed by atoms with van der Waals surface area (Å²) < 4.78 is 11.4. The molecule has 116 valence electrons. The molecular weight excluding hydrogens is 280 g/mol.